The van der Waals surface area contributed by atoms with Crippen LogP contribution < -0.4 is 5.32 Å². The third kappa shape index (κ3) is 3.92. The Morgan fingerprint density at radius 2 is 2.21 bits per heavy atom. The number of hydrogen-bond acceptors (Lipinski definition) is 3. The average molecular weight is 275 g/mol. The lowest BCUT2D eigenvalue weighted by molar-refractivity contribution is -0.137. The Morgan fingerprint density at radius 3 is 2.84 bits per heavy atom. The highest BCUT2D eigenvalue weighted by atomic mass is 19.4. The molecular formula is C13H16F3NO2. The first-order valence-corrected chi connectivity index (χ1v) is 6.13. The number of morpholine rings is 1. The van der Waals surface area contributed by atoms with Crippen LogP contribution in [0.25, 0.3) is 0 Å². The van der Waals surface area contributed by atoms with Gasteiger partial charge in [0.2, 0.25) is 0 Å². The molecule has 1 aromatic carbocycles. The van der Waals surface area contributed by atoms with Crippen molar-refractivity contribution in [2.75, 3.05) is 19.8 Å². The lowest BCUT2D eigenvalue weighted by atomic mass is 10.00. The first-order chi connectivity index (χ1) is 8.97. The van der Waals surface area contributed by atoms with Crippen LogP contribution in [0.5, 0.6) is 0 Å². The number of rotatable bonds is 3. The second kappa shape index (κ2) is 5.90. The maximum Gasteiger partial charge on any atom is 0.416 e. The van der Waals surface area contributed by atoms with Crippen LogP contribution in [0, 0.1) is 0 Å². The number of aliphatic hydroxyl groups excluding tert-OH is 1. The lowest BCUT2D eigenvalue weighted by Crippen LogP contribution is -2.42. The van der Waals surface area contributed by atoms with E-state index in [1.165, 1.54) is 12.1 Å². The molecule has 1 aliphatic heterocycles. The lowest BCUT2D eigenvalue weighted by Gasteiger charge is -2.26. The van der Waals surface area contributed by atoms with E-state index in [9.17, 15) is 18.3 Å². The molecule has 1 heterocycles. The smallest absolute Gasteiger partial charge is 0.388 e. The summed E-state index contributed by atoms with van der Waals surface area (Å²) in [5.41, 5.74) is -0.459. The Hall–Kier alpha value is -1.11. The molecule has 2 rings (SSSR count). The first kappa shape index (κ1) is 14.3. The maximum atomic E-state index is 12.6. The molecule has 0 bridgehead atoms. The molecule has 0 saturated carbocycles. The van der Waals surface area contributed by atoms with Crippen molar-refractivity contribution in [3.05, 3.63) is 35.4 Å². The van der Waals surface area contributed by atoms with E-state index in [4.69, 9.17) is 4.74 Å². The van der Waals surface area contributed by atoms with Gasteiger partial charge in [-0.3, -0.25) is 0 Å². The second-order valence-corrected chi connectivity index (χ2v) is 4.60. The van der Waals surface area contributed by atoms with Gasteiger partial charge in [-0.05, 0) is 24.1 Å². The Labute approximate surface area is 109 Å². The number of aliphatic hydroxyl groups is 1. The molecule has 0 amide bonds. The molecule has 6 heteroatoms. The van der Waals surface area contributed by atoms with E-state index in [1.807, 2.05) is 0 Å². The van der Waals surface area contributed by atoms with E-state index in [2.05, 4.69) is 5.32 Å². The first-order valence-electron chi connectivity index (χ1n) is 6.13. The minimum absolute atomic E-state index is 0.0294. The third-order valence-electron chi connectivity index (χ3n) is 3.10. The third-order valence-corrected chi connectivity index (χ3v) is 3.10. The molecule has 19 heavy (non-hydrogen) atoms. The van der Waals surface area contributed by atoms with Crippen molar-refractivity contribution in [3.8, 4) is 0 Å². The molecule has 0 spiro atoms. The van der Waals surface area contributed by atoms with Crippen LogP contribution >= 0.6 is 0 Å². The summed E-state index contributed by atoms with van der Waals surface area (Å²) < 4.78 is 43.0. The molecule has 2 atom stereocenters. The quantitative estimate of drug-likeness (QED) is 0.888. The number of alkyl halides is 3. The summed E-state index contributed by atoms with van der Waals surface area (Å²) in [6, 6.07) is 4.78. The van der Waals surface area contributed by atoms with Crippen molar-refractivity contribution in [1.82, 2.24) is 5.32 Å². The van der Waals surface area contributed by atoms with Crippen molar-refractivity contribution < 1.29 is 23.0 Å². The highest BCUT2D eigenvalue weighted by Gasteiger charge is 2.31. The normalized spacial score (nSPS) is 22.2. The van der Waals surface area contributed by atoms with Gasteiger partial charge >= 0.3 is 6.18 Å². The minimum atomic E-state index is -4.39. The van der Waals surface area contributed by atoms with E-state index < -0.39 is 17.8 Å². The van der Waals surface area contributed by atoms with Crippen molar-refractivity contribution in [2.24, 2.45) is 0 Å². The maximum absolute atomic E-state index is 12.6. The van der Waals surface area contributed by atoms with Gasteiger partial charge in [0.05, 0.1) is 24.9 Å². The number of nitrogens with one attached hydrogen (secondary N) is 1. The summed E-state index contributed by atoms with van der Waals surface area (Å²) in [6.45, 7) is 1.78. The zero-order valence-corrected chi connectivity index (χ0v) is 10.3. The predicted molar refractivity (Wildman–Crippen MR) is 63.6 cm³/mol. The zero-order chi connectivity index (χ0) is 13.9. The molecule has 1 saturated heterocycles. The van der Waals surface area contributed by atoms with Crippen LogP contribution in [0.15, 0.2) is 24.3 Å². The summed E-state index contributed by atoms with van der Waals surface area (Å²) in [6.07, 6.45) is -4.98. The molecular weight excluding hydrogens is 259 g/mol. The Morgan fingerprint density at radius 1 is 1.42 bits per heavy atom. The van der Waals surface area contributed by atoms with E-state index >= 15 is 0 Å². The number of hydrogen-bond donors (Lipinski definition) is 2. The topological polar surface area (TPSA) is 41.5 Å². The van der Waals surface area contributed by atoms with E-state index in [-0.39, 0.29) is 11.6 Å². The van der Waals surface area contributed by atoms with Crippen LogP contribution in [0.1, 0.15) is 23.7 Å². The summed E-state index contributed by atoms with van der Waals surface area (Å²) in [5.74, 6) is 0. The molecule has 1 aromatic rings. The summed E-state index contributed by atoms with van der Waals surface area (Å²) in [4.78, 5) is 0. The monoisotopic (exact) mass is 275 g/mol. The molecule has 106 valence electrons. The van der Waals surface area contributed by atoms with Crippen LogP contribution in [-0.2, 0) is 10.9 Å². The van der Waals surface area contributed by atoms with Crippen LogP contribution in [0.4, 0.5) is 13.2 Å². The largest absolute Gasteiger partial charge is 0.416 e. The molecule has 0 aromatic heterocycles. The Balaban J connectivity index is 2.04. The minimum Gasteiger partial charge on any atom is -0.388 e. The standard InChI is InChI=1S/C13H16F3NO2/c14-13(15,16)10-3-1-2-9(6-10)12(18)7-11-8-19-5-4-17-11/h1-3,6,11-12,17-18H,4-5,7-8H2. The Kier molecular flexibility index (Phi) is 4.44. The molecule has 0 aliphatic carbocycles. The molecule has 0 radical (unpaired) electrons. The van der Waals surface area contributed by atoms with E-state index in [0.717, 1.165) is 12.1 Å². The zero-order valence-electron chi connectivity index (χ0n) is 10.3. The fourth-order valence-electron chi connectivity index (χ4n) is 2.10. The highest BCUT2D eigenvalue weighted by Crippen LogP contribution is 2.31. The Bertz CT molecular complexity index is 417. The average Bonchev–Trinajstić information content (AvgIpc) is 2.39. The van der Waals surface area contributed by atoms with Gasteiger partial charge in [-0.1, -0.05) is 12.1 Å². The van der Waals surface area contributed by atoms with Gasteiger partial charge in [-0.25, -0.2) is 0 Å². The summed E-state index contributed by atoms with van der Waals surface area (Å²) >= 11 is 0. The molecule has 1 aliphatic rings. The SMILES string of the molecule is OC(CC1COCCN1)c1cccc(C(F)(F)F)c1. The van der Waals surface area contributed by atoms with Crippen molar-refractivity contribution >= 4 is 0 Å². The second-order valence-electron chi connectivity index (χ2n) is 4.60. The fraction of sp³-hybridized carbons (Fsp3) is 0.538. The van der Waals surface area contributed by atoms with Gasteiger partial charge in [-0.15, -0.1) is 0 Å². The molecule has 1 fully saturated rings. The van der Waals surface area contributed by atoms with Crippen molar-refractivity contribution in [3.63, 3.8) is 0 Å². The molecule has 3 nitrogen and oxygen atoms in total. The number of benzene rings is 1. The van der Waals surface area contributed by atoms with Crippen molar-refractivity contribution in [1.29, 1.82) is 0 Å². The van der Waals surface area contributed by atoms with Gasteiger partial charge in [0.25, 0.3) is 0 Å². The molecule has 2 unspecified atom stereocenters. The number of ether oxygens (including phenoxy) is 1. The van der Waals surface area contributed by atoms with Crippen LogP contribution in [0.2, 0.25) is 0 Å². The van der Waals surface area contributed by atoms with Gasteiger partial charge in [0.1, 0.15) is 0 Å². The van der Waals surface area contributed by atoms with Gasteiger partial charge in [0, 0.05) is 12.6 Å². The fourth-order valence-corrected chi connectivity index (χ4v) is 2.10. The van der Waals surface area contributed by atoms with Crippen molar-refractivity contribution in [2.45, 2.75) is 24.7 Å². The van der Waals surface area contributed by atoms with Gasteiger partial charge < -0.3 is 15.2 Å². The van der Waals surface area contributed by atoms with Crippen LogP contribution in [-0.4, -0.2) is 30.9 Å². The van der Waals surface area contributed by atoms with Gasteiger partial charge in [-0.2, -0.15) is 13.2 Å². The number of halogens is 3. The summed E-state index contributed by atoms with van der Waals surface area (Å²) in [5, 5.41) is 13.2. The highest BCUT2D eigenvalue weighted by molar-refractivity contribution is 5.27. The van der Waals surface area contributed by atoms with Crippen LogP contribution in [0.3, 0.4) is 0 Å². The van der Waals surface area contributed by atoms with Gasteiger partial charge in [0.15, 0.2) is 0 Å². The summed E-state index contributed by atoms with van der Waals surface area (Å²) in [7, 11) is 0. The predicted octanol–water partition coefficient (Wildman–Crippen LogP) is 2.12. The van der Waals surface area contributed by atoms with E-state index in [1.54, 1.807) is 0 Å². The molecule has 2 N–H and O–H groups in total. The van der Waals surface area contributed by atoms with E-state index in [0.29, 0.717) is 26.2 Å².